The van der Waals surface area contributed by atoms with Crippen LogP contribution in [-0.4, -0.2) is 27.7 Å². The Bertz CT molecular complexity index is 994. The van der Waals surface area contributed by atoms with E-state index in [9.17, 15) is 4.79 Å². The van der Waals surface area contributed by atoms with Gasteiger partial charge in [0.2, 0.25) is 0 Å². The van der Waals surface area contributed by atoms with Gasteiger partial charge >= 0.3 is 0 Å². The van der Waals surface area contributed by atoms with Gasteiger partial charge in [-0.25, -0.2) is 4.98 Å². The smallest absolute Gasteiger partial charge is 0.251 e. The first-order chi connectivity index (χ1) is 13.5. The number of benzene rings is 1. The lowest BCUT2D eigenvalue weighted by Crippen LogP contribution is -2.26. The quantitative estimate of drug-likeness (QED) is 0.613. The minimum absolute atomic E-state index is 0.160. The molecule has 0 aliphatic heterocycles. The minimum atomic E-state index is -0.208. The Balaban J connectivity index is 1.58. The van der Waals surface area contributed by atoms with E-state index in [0.717, 1.165) is 25.5 Å². The van der Waals surface area contributed by atoms with E-state index in [1.54, 1.807) is 17.4 Å². The van der Waals surface area contributed by atoms with E-state index < -0.39 is 0 Å². The van der Waals surface area contributed by atoms with Crippen LogP contribution in [0.4, 0.5) is 0 Å². The summed E-state index contributed by atoms with van der Waals surface area (Å²) < 4.78 is 5.96. The number of hydrogen-bond donors (Lipinski definition) is 1. The van der Waals surface area contributed by atoms with Crippen molar-refractivity contribution < 1.29 is 9.53 Å². The highest BCUT2D eigenvalue weighted by Gasteiger charge is 2.23. The highest BCUT2D eigenvalue weighted by molar-refractivity contribution is 7.15. The van der Waals surface area contributed by atoms with E-state index in [4.69, 9.17) is 4.74 Å². The Kier molecular flexibility index (Phi) is 5.41. The number of carbonyl (C=O) groups excluding carboxylic acids is 1. The van der Waals surface area contributed by atoms with Gasteiger partial charge in [-0.2, -0.15) is 0 Å². The Morgan fingerprint density at radius 2 is 2.07 bits per heavy atom. The maximum absolute atomic E-state index is 12.9. The molecule has 1 atom stereocenters. The van der Waals surface area contributed by atoms with Crippen LogP contribution in [0.1, 0.15) is 51.1 Å². The lowest BCUT2D eigenvalue weighted by molar-refractivity contribution is 0.0939. The number of carbonyl (C=O) groups is 1. The summed E-state index contributed by atoms with van der Waals surface area (Å²) in [7, 11) is 0. The summed E-state index contributed by atoms with van der Waals surface area (Å²) in [4.78, 5) is 18.5. The number of amides is 1. The molecule has 2 aromatic heterocycles. The van der Waals surface area contributed by atoms with Crippen LogP contribution in [0, 0.1) is 19.8 Å². The molecule has 0 radical (unpaired) electrons. The van der Waals surface area contributed by atoms with Crippen molar-refractivity contribution in [2.45, 2.75) is 39.7 Å². The summed E-state index contributed by atoms with van der Waals surface area (Å²) >= 11 is 3.09. The fourth-order valence-electron chi connectivity index (χ4n) is 2.75. The van der Waals surface area contributed by atoms with Gasteiger partial charge in [0.05, 0.1) is 12.6 Å². The normalized spacial score (nSPS) is 14.7. The molecule has 1 N–H and O–H groups in total. The minimum Gasteiger partial charge on any atom is -0.493 e. The summed E-state index contributed by atoms with van der Waals surface area (Å²) in [6.07, 6.45) is 4.28. The molecule has 8 heteroatoms. The third-order valence-electron chi connectivity index (χ3n) is 4.48. The fourth-order valence-corrected chi connectivity index (χ4v) is 4.21. The molecular formula is C20H22N4O2S2. The molecule has 0 spiro atoms. The fraction of sp³-hybridized carbons (Fsp3) is 0.400. The molecule has 1 aliphatic rings. The Labute approximate surface area is 172 Å². The van der Waals surface area contributed by atoms with Crippen LogP contribution in [0.3, 0.4) is 0 Å². The van der Waals surface area contributed by atoms with Gasteiger partial charge in [-0.3, -0.25) is 4.79 Å². The first kappa shape index (κ1) is 19.0. The average molecular weight is 415 g/mol. The molecule has 28 heavy (non-hydrogen) atoms. The summed E-state index contributed by atoms with van der Waals surface area (Å²) in [5, 5.41) is 13.7. The lowest BCUT2D eigenvalue weighted by Gasteiger charge is -2.13. The molecule has 1 amide bonds. The largest absolute Gasteiger partial charge is 0.493 e. The third kappa shape index (κ3) is 4.56. The van der Waals surface area contributed by atoms with Gasteiger partial charge in [0.15, 0.2) is 0 Å². The molecular weight excluding hydrogens is 392 g/mol. The molecule has 1 saturated carbocycles. The van der Waals surface area contributed by atoms with Gasteiger partial charge in [0, 0.05) is 22.2 Å². The van der Waals surface area contributed by atoms with Crippen LogP contribution in [-0.2, 0) is 0 Å². The van der Waals surface area contributed by atoms with Crippen LogP contribution in [0.5, 0.6) is 5.75 Å². The van der Waals surface area contributed by atoms with Gasteiger partial charge in [-0.05, 0) is 57.7 Å². The SMILES string of the molecule is Cc1cnc(-c2cc(OCC3CC3)cc(C(=O)N[C@H](C)c3nnc(C)s3)c2)s1. The van der Waals surface area contributed by atoms with Gasteiger partial charge < -0.3 is 10.1 Å². The van der Waals surface area contributed by atoms with Crippen molar-refractivity contribution >= 4 is 28.6 Å². The molecule has 2 heterocycles. The second kappa shape index (κ2) is 7.97. The zero-order valence-corrected chi connectivity index (χ0v) is 17.7. The lowest BCUT2D eigenvalue weighted by atomic mass is 10.1. The van der Waals surface area contributed by atoms with E-state index in [0.29, 0.717) is 23.8 Å². The van der Waals surface area contributed by atoms with E-state index in [1.807, 2.05) is 39.1 Å². The number of thiazole rings is 1. The van der Waals surface area contributed by atoms with E-state index in [1.165, 1.54) is 24.2 Å². The monoisotopic (exact) mass is 414 g/mol. The van der Waals surface area contributed by atoms with Crippen molar-refractivity contribution in [2.24, 2.45) is 5.92 Å². The molecule has 4 rings (SSSR count). The predicted molar refractivity (Wildman–Crippen MR) is 111 cm³/mol. The average Bonchev–Trinajstić information content (AvgIpc) is 3.24. The zero-order chi connectivity index (χ0) is 19.7. The standard InChI is InChI=1S/C20H22N4O2S2/c1-11-9-21-20(27-11)16-6-15(7-17(8-16)26-10-14-4-5-14)18(25)22-12(2)19-24-23-13(3)28-19/h6-9,12,14H,4-5,10H2,1-3H3,(H,22,25)/t12-/m1/s1. The number of rotatable bonds is 7. The molecule has 1 aliphatic carbocycles. The molecule has 0 saturated heterocycles. The van der Waals surface area contributed by atoms with Gasteiger partial charge in [-0.15, -0.1) is 21.5 Å². The molecule has 1 fully saturated rings. The Hall–Kier alpha value is -2.32. The summed E-state index contributed by atoms with van der Waals surface area (Å²) in [5.74, 6) is 1.19. The maximum Gasteiger partial charge on any atom is 0.251 e. The summed E-state index contributed by atoms with van der Waals surface area (Å²) in [6, 6.07) is 5.44. The highest BCUT2D eigenvalue weighted by atomic mass is 32.1. The van der Waals surface area contributed by atoms with Crippen molar-refractivity contribution in [1.82, 2.24) is 20.5 Å². The van der Waals surface area contributed by atoms with E-state index >= 15 is 0 Å². The van der Waals surface area contributed by atoms with Crippen molar-refractivity contribution in [3.05, 3.63) is 44.9 Å². The number of aromatic nitrogens is 3. The van der Waals surface area contributed by atoms with Gasteiger partial charge in [-0.1, -0.05) is 11.3 Å². The van der Waals surface area contributed by atoms with Crippen LogP contribution in [0.15, 0.2) is 24.4 Å². The van der Waals surface area contributed by atoms with Crippen molar-refractivity contribution in [3.8, 4) is 16.3 Å². The Morgan fingerprint density at radius 3 is 2.71 bits per heavy atom. The molecule has 0 bridgehead atoms. The number of nitrogens with zero attached hydrogens (tertiary/aromatic N) is 3. The second-order valence-electron chi connectivity index (χ2n) is 7.13. The van der Waals surface area contributed by atoms with E-state index in [-0.39, 0.29) is 11.9 Å². The molecule has 0 unspecified atom stereocenters. The van der Waals surface area contributed by atoms with Gasteiger partial charge in [0.1, 0.15) is 20.8 Å². The number of ether oxygens (including phenoxy) is 1. The first-order valence-electron chi connectivity index (χ1n) is 9.29. The van der Waals surface area contributed by atoms with Crippen LogP contribution >= 0.6 is 22.7 Å². The van der Waals surface area contributed by atoms with E-state index in [2.05, 4.69) is 20.5 Å². The van der Waals surface area contributed by atoms with Crippen LogP contribution in [0.2, 0.25) is 0 Å². The second-order valence-corrected chi connectivity index (χ2v) is 9.58. The number of aryl methyl sites for hydroxylation is 2. The summed E-state index contributed by atoms with van der Waals surface area (Å²) in [5.41, 5.74) is 1.46. The third-order valence-corrected chi connectivity index (χ3v) is 6.46. The van der Waals surface area contributed by atoms with Crippen LogP contribution in [0.25, 0.3) is 10.6 Å². The topological polar surface area (TPSA) is 77.0 Å². The molecule has 1 aromatic carbocycles. The zero-order valence-electron chi connectivity index (χ0n) is 16.1. The molecule has 146 valence electrons. The Morgan fingerprint density at radius 1 is 1.25 bits per heavy atom. The van der Waals surface area contributed by atoms with Crippen molar-refractivity contribution in [2.75, 3.05) is 6.61 Å². The van der Waals surface area contributed by atoms with Gasteiger partial charge in [0.25, 0.3) is 5.91 Å². The maximum atomic E-state index is 12.9. The first-order valence-corrected chi connectivity index (χ1v) is 10.9. The predicted octanol–water partition coefficient (Wildman–Crippen LogP) is 4.56. The highest BCUT2D eigenvalue weighted by Crippen LogP contribution is 2.32. The van der Waals surface area contributed by atoms with Crippen molar-refractivity contribution in [3.63, 3.8) is 0 Å². The molecule has 6 nitrogen and oxygen atoms in total. The number of hydrogen-bond acceptors (Lipinski definition) is 7. The summed E-state index contributed by atoms with van der Waals surface area (Å²) in [6.45, 7) is 6.53. The van der Waals surface area contributed by atoms with Crippen LogP contribution < -0.4 is 10.1 Å². The number of nitrogens with one attached hydrogen (secondary N) is 1. The molecule has 3 aromatic rings. The van der Waals surface area contributed by atoms with Crippen molar-refractivity contribution in [1.29, 1.82) is 0 Å².